The molecule has 2 aromatic rings. The van der Waals surface area contributed by atoms with Crippen molar-refractivity contribution in [2.24, 2.45) is 5.92 Å². The smallest absolute Gasteiger partial charge is 0.266 e. The normalized spacial score (nSPS) is 17.3. The summed E-state index contributed by atoms with van der Waals surface area (Å²) in [6.07, 6.45) is 3.35. The summed E-state index contributed by atoms with van der Waals surface area (Å²) in [7, 11) is 0. The Kier molecular flexibility index (Phi) is 5.37. The van der Waals surface area contributed by atoms with Gasteiger partial charge in [-0.2, -0.15) is 10.2 Å². The Morgan fingerprint density at radius 2 is 2.20 bits per heavy atom. The van der Waals surface area contributed by atoms with Gasteiger partial charge < -0.3 is 10.2 Å². The first kappa shape index (κ1) is 17.1. The van der Waals surface area contributed by atoms with Crippen molar-refractivity contribution >= 4 is 11.7 Å². The second kappa shape index (κ2) is 7.87. The molecule has 3 heterocycles. The lowest BCUT2D eigenvalue weighted by Gasteiger charge is -2.32. The van der Waals surface area contributed by atoms with Gasteiger partial charge in [0.05, 0.1) is 18.2 Å². The molecule has 8 nitrogen and oxygen atoms in total. The number of anilines is 1. The molecule has 1 N–H and O–H groups in total. The van der Waals surface area contributed by atoms with Crippen molar-refractivity contribution in [3.05, 3.63) is 46.5 Å². The number of amides is 1. The van der Waals surface area contributed by atoms with E-state index in [1.54, 1.807) is 12.3 Å². The minimum Gasteiger partial charge on any atom is -0.354 e. The van der Waals surface area contributed by atoms with E-state index >= 15 is 0 Å². The molecule has 1 unspecified atom stereocenters. The lowest BCUT2D eigenvalue weighted by Crippen LogP contribution is -2.44. The van der Waals surface area contributed by atoms with E-state index in [2.05, 4.69) is 25.5 Å². The molecule has 2 aromatic heterocycles. The van der Waals surface area contributed by atoms with Crippen LogP contribution in [0.5, 0.6) is 0 Å². The van der Waals surface area contributed by atoms with Gasteiger partial charge in [0.2, 0.25) is 5.91 Å². The maximum Gasteiger partial charge on any atom is 0.266 e. The first-order valence-electron chi connectivity index (χ1n) is 8.48. The van der Waals surface area contributed by atoms with Crippen molar-refractivity contribution in [3.8, 4) is 0 Å². The van der Waals surface area contributed by atoms with Crippen LogP contribution < -0.4 is 15.8 Å². The van der Waals surface area contributed by atoms with Crippen molar-refractivity contribution < 1.29 is 4.79 Å². The molecule has 132 valence electrons. The van der Waals surface area contributed by atoms with Crippen LogP contribution in [-0.2, 0) is 11.3 Å². The van der Waals surface area contributed by atoms with Crippen LogP contribution in [-0.4, -0.2) is 45.5 Å². The fourth-order valence-electron chi connectivity index (χ4n) is 2.94. The quantitative estimate of drug-likeness (QED) is 0.844. The Morgan fingerprint density at radius 1 is 1.32 bits per heavy atom. The third-order valence-electron chi connectivity index (χ3n) is 4.31. The Bertz CT molecular complexity index is 773. The molecule has 25 heavy (non-hydrogen) atoms. The molecule has 1 fully saturated rings. The molecular formula is C17H22N6O2. The number of nitrogens with zero attached hydrogens (tertiary/aromatic N) is 5. The van der Waals surface area contributed by atoms with Crippen molar-refractivity contribution in [2.75, 3.05) is 24.5 Å². The summed E-state index contributed by atoms with van der Waals surface area (Å²) in [6, 6.07) is 6.92. The van der Waals surface area contributed by atoms with Gasteiger partial charge in [-0.05, 0) is 38.0 Å². The highest BCUT2D eigenvalue weighted by Gasteiger charge is 2.26. The van der Waals surface area contributed by atoms with Crippen LogP contribution in [0.3, 0.4) is 0 Å². The predicted molar refractivity (Wildman–Crippen MR) is 93.2 cm³/mol. The largest absolute Gasteiger partial charge is 0.354 e. The minimum absolute atomic E-state index is 0.00810. The summed E-state index contributed by atoms with van der Waals surface area (Å²) in [6.45, 7) is 4.16. The fourth-order valence-corrected chi connectivity index (χ4v) is 2.94. The van der Waals surface area contributed by atoms with Crippen LogP contribution in [0.4, 0.5) is 5.82 Å². The Balaban J connectivity index is 1.52. The highest BCUT2D eigenvalue weighted by Crippen LogP contribution is 2.21. The monoisotopic (exact) mass is 342 g/mol. The molecule has 0 spiro atoms. The molecule has 1 aliphatic heterocycles. The van der Waals surface area contributed by atoms with Crippen LogP contribution in [0.15, 0.2) is 35.3 Å². The number of carbonyl (C=O) groups excluding carboxylic acids is 1. The summed E-state index contributed by atoms with van der Waals surface area (Å²) in [5.41, 5.74) is 0.707. The number of aryl methyl sites for hydroxylation is 1. The van der Waals surface area contributed by atoms with Crippen LogP contribution >= 0.6 is 0 Å². The summed E-state index contributed by atoms with van der Waals surface area (Å²) in [5.74, 6) is 0.731. The average Bonchev–Trinajstić information content (AvgIpc) is 2.64. The average molecular weight is 342 g/mol. The fraction of sp³-hybridized carbons (Fsp3) is 0.471. The van der Waals surface area contributed by atoms with Gasteiger partial charge in [-0.25, -0.2) is 4.68 Å². The van der Waals surface area contributed by atoms with Crippen molar-refractivity contribution in [1.82, 2.24) is 25.3 Å². The Labute approximate surface area is 145 Å². The Hall–Kier alpha value is -2.77. The molecule has 1 atom stereocenters. The third kappa shape index (κ3) is 4.40. The molecule has 3 rings (SSSR count). The zero-order valence-corrected chi connectivity index (χ0v) is 14.3. The molecule has 1 aliphatic rings. The number of aromatic nitrogens is 4. The van der Waals surface area contributed by atoms with Crippen LogP contribution in [0.1, 0.15) is 18.5 Å². The highest BCUT2D eigenvalue weighted by molar-refractivity contribution is 5.79. The summed E-state index contributed by atoms with van der Waals surface area (Å²) in [5, 5.41) is 15.2. The summed E-state index contributed by atoms with van der Waals surface area (Å²) >= 11 is 0. The predicted octanol–water partition coefficient (Wildman–Crippen LogP) is 0.375. The van der Waals surface area contributed by atoms with E-state index in [4.69, 9.17) is 0 Å². The molecule has 0 radical (unpaired) electrons. The molecular weight excluding hydrogens is 320 g/mol. The van der Waals surface area contributed by atoms with E-state index in [0.29, 0.717) is 19.6 Å². The van der Waals surface area contributed by atoms with E-state index < -0.39 is 0 Å². The molecule has 0 aromatic carbocycles. The molecule has 0 bridgehead atoms. The van der Waals surface area contributed by atoms with Crippen molar-refractivity contribution in [3.63, 3.8) is 0 Å². The van der Waals surface area contributed by atoms with Gasteiger partial charge in [-0.3, -0.25) is 9.59 Å². The first-order valence-corrected chi connectivity index (χ1v) is 8.48. The number of carbonyl (C=O) groups is 1. The number of hydrogen-bond acceptors (Lipinski definition) is 6. The standard InChI is InChI=1S/C17H22N6O2/c1-13-6-7-15(21-20-13)22-10-3-4-14(12-22)17(25)18-9-11-23-16(24)5-2-8-19-23/h2,5-8,14H,3-4,9-12H2,1H3,(H,18,25). The van der Waals surface area contributed by atoms with E-state index in [1.165, 1.54) is 10.7 Å². The minimum atomic E-state index is -0.168. The number of rotatable bonds is 5. The van der Waals surface area contributed by atoms with Gasteiger partial charge in [0, 0.05) is 31.9 Å². The SMILES string of the molecule is Cc1ccc(N2CCCC(C(=O)NCCn3ncccc3=O)C2)nn1. The molecule has 1 saturated heterocycles. The second-order valence-electron chi connectivity index (χ2n) is 6.19. The van der Waals surface area contributed by atoms with E-state index in [9.17, 15) is 9.59 Å². The maximum atomic E-state index is 12.4. The van der Waals surface area contributed by atoms with Gasteiger partial charge in [0.1, 0.15) is 0 Å². The van der Waals surface area contributed by atoms with Crippen LogP contribution in [0.2, 0.25) is 0 Å². The van der Waals surface area contributed by atoms with Gasteiger partial charge in [0.25, 0.3) is 5.56 Å². The van der Waals surface area contributed by atoms with Gasteiger partial charge in [0.15, 0.2) is 5.82 Å². The van der Waals surface area contributed by atoms with Crippen molar-refractivity contribution in [1.29, 1.82) is 0 Å². The maximum absolute atomic E-state index is 12.4. The van der Waals surface area contributed by atoms with E-state index in [1.807, 2.05) is 19.1 Å². The lowest BCUT2D eigenvalue weighted by molar-refractivity contribution is -0.125. The van der Waals surface area contributed by atoms with Crippen LogP contribution in [0.25, 0.3) is 0 Å². The number of piperidine rings is 1. The third-order valence-corrected chi connectivity index (χ3v) is 4.31. The zero-order valence-electron chi connectivity index (χ0n) is 14.3. The van der Waals surface area contributed by atoms with E-state index in [0.717, 1.165) is 30.9 Å². The molecule has 0 aliphatic carbocycles. The van der Waals surface area contributed by atoms with Crippen molar-refractivity contribution in [2.45, 2.75) is 26.3 Å². The second-order valence-corrected chi connectivity index (χ2v) is 6.19. The first-order chi connectivity index (χ1) is 12.1. The molecule has 0 saturated carbocycles. The van der Waals surface area contributed by atoms with Gasteiger partial charge in [-0.1, -0.05) is 0 Å². The van der Waals surface area contributed by atoms with Crippen LogP contribution in [0, 0.1) is 12.8 Å². The summed E-state index contributed by atoms with van der Waals surface area (Å²) in [4.78, 5) is 26.1. The molecule has 1 amide bonds. The lowest BCUT2D eigenvalue weighted by atomic mass is 9.97. The number of hydrogen-bond donors (Lipinski definition) is 1. The highest BCUT2D eigenvalue weighted by atomic mass is 16.2. The van der Waals surface area contributed by atoms with E-state index in [-0.39, 0.29) is 17.4 Å². The Morgan fingerprint density at radius 3 is 2.96 bits per heavy atom. The van der Waals surface area contributed by atoms with Gasteiger partial charge >= 0.3 is 0 Å². The zero-order chi connectivity index (χ0) is 17.6. The number of nitrogens with one attached hydrogen (secondary N) is 1. The molecule has 8 heteroatoms. The topological polar surface area (TPSA) is 93.0 Å². The summed E-state index contributed by atoms with van der Waals surface area (Å²) < 4.78 is 1.34. The van der Waals surface area contributed by atoms with Gasteiger partial charge in [-0.15, -0.1) is 5.10 Å².